The molecule has 2 saturated carbocycles. The van der Waals surface area contributed by atoms with Gasteiger partial charge in [-0.05, 0) is 73.9 Å². The summed E-state index contributed by atoms with van der Waals surface area (Å²) in [5.41, 5.74) is 8.46. The summed E-state index contributed by atoms with van der Waals surface area (Å²) in [7, 11) is 0. The van der Waals surface area contributed by atoms with Crippen molar-refractivity contribution in [1.82, 2.24) is 0 Å². The van der Waals surface area contributed by atoms with Gasteiger partial charge in [-0.3, -0.25) is 4.79 Å². The number of rotatable bonds is 4. The largest absolute Gasteiger partial charge is 0.327 e. The zero-order valence-corrected chi connectivity index (χ0v) is 16.4. The number of carbonyl (C=O) groups excluding carboxylic acids is 2. The van der Waals surface area contributed by atoms with E-state index in [9.17, 15) is 9.59 Å². The minimum atomic E-state index is -0.307. The Bertz CT molecular complexity index is 839. The van der Waals surface area contributed by atoms with Crippen LogP contribution in [0.15, 0.2) is 54.6 Å². The predicted octanol–water partition coefficient (Wildman–Crippen LogP) is 4.42. The Morgan fingerprint density at radius 2 is 1.28 bits per heavy atom. The average molecular weight is 393 g/mol. The van der Waals surface area contributed by atoms with Crippen LogP contribution in [0.4, 0.5) is 21.9 Å². The Kier molecular flexibility index (Phi) is 5.81. The minimum absolute atomic E-state index is 0.0413. The molecule has 6 heteroatoms. The molecular formula is C23H28N4O2. The molecule has 3 amide bonds. The van der Waals surface area contributed by atoms with Crippen molar-refractivity contribution in [1.29, 1.82) is 0 Å². The Morgan fingerprint density at radius 1 is 0.759 bits per heavy atom. The van der Waals surface area contributed by atoms with Crippen LogP contribution in [-0.2, 0) is 4.79 Å². The number of fused-ring (bicyclic) bond motifs is 2. The SMILES string of the molecule is NC1C2CCCC1CC(C(=O)Nc1ccc(NC(=O)Nc3ccccc3)cc1)C2. The maximum atomic E-state index is 12.7. The maximum Gasteiger partial charge on any atom is 0.323 e. The van der Waals surface area contributed by atoms with Crippen molar-refractivity contribution < 1.29 is 9.59 Å². The summed E-state index contributed by atoms with van der Waals surface area (Å²) in [6.45, 7) is 0. The highest BCUT2D eigenvalue weighted by Crippen LogP contribution is 2.42. The molecule has 2 unspecified atom stereocenters. The van der Waals surface area contributed by atoms with E-state index in [1.54, 1.807) is 12.1 Å². The zero-order valence-electron chi connectivity index (χ0n) is 16.4. The summed E-state index contributed by atoms with van der Waals surface area (Å²) in [5.74, 6) is 1.08. The van der Waals surface area contributed by atoms with Gasteiger partial charge in [0.25, 0.3) is 0 Å². The lowest BCUT2D eigenvalue weighted by atomic mass is 9.65. The lowest BCUT2D eigenvalue weighted by molar-refractivity contribution is -0.122. The number of amides is 3. The molecule has 2 aromatic carbocycles. The number of urea groups is 1. The molecule has 2 bridgehead atoms. The molecule has 6 nitrogen and oxygen atoms in total. The highest BCUT2D eigenvalue weighted by atomic mass is 16.2. The molecule has 29 heavy (non-hydrogen) atoms. The third kappa shape index (κ3) is 4.77. The highest BCUT2D eigenvalue weighted by molar-refractivity contribution is 6.00. The van der Waals surface area contributed by atoms with Crippen molar-refractivity contribution in [3.63, 3.8) is 0 Å². The fourth-order valence-corrected chi connectivity index (χ4v) is 4.70. The standard InChI is InChI=1S/C23H28N4O2/c24-21-15-5-4-6-16(21)14-17(13-15)22(28)25-19-9-11-20(12-10-19)27-23(29)26-18-7-2-1-3-8-18/h1-3,7-12,15-17,21H,4-6,13-14,24H2,(H,25,28)(H2,26,27,29). The van der Waals surface area contributed by atoms with E-state index in [0.29, 0.717) is 17.5 Å². The van der Waals surface area contributed by atoms with E-state index in [1.807, 2.05) is 42.5 Å². The molecule has 2 aliphatic carbocycles. The molecule has 0 heterocycles. The molecule has 152 valence electrons. The normalized spacial score (nSPS) is 25.7. The van der Waals surface area contributed by atoms with Crippen molar-refractivity contribution in [3.05, 3.63) is 54.6 Å². The zero-order chi connectivity index (χ0) is 20.2. The van der Waals surface area contributed by atoms with Gasteiger partial charge in [-0.1, -0.05) is 24.6 Å². The third-order valence-corrected chi connectivity index (χ3v) is 6.23. The number of hydrogen-bond donors (Lipinski definition) is 4. The molecule has 0 saturated heterocycles. The van der Waals surface area contributed by atoms with Crippen molar-refractivity contribution in [3.8, 4) is 0 Å². The molecule has 0 aliphatic heterocycles. The van der Waals surface area contributed by atoms with Gasteiger partial charge in [0.15, 0.2) is 0 Å². The second-order valence-corrected chi connectivity index (χ2v) is 8.21. The number of carbonyl (C=O) groups is 2. The van der Waals surface area contributed by atoms with Gasteiger partial charge >= 0.3 is 6.03 Å². The summed E-state index contributed by atoms with van der Waals surface area (Å²) >= 11 is 0. The summed E-state index contributed by atoms with van der Waals surface area (Å²) in [4.78, 5) is 24.8. The van der Waals surface area contributed by atoms with Gasteiger partial charge in [-0.15, -0.1) is 0 Å². The summed E-state index contributed by atoms with van der Waals surface area (Å²) in [6, 6.07) is 16.4. The van der Waals surface area contributed by atoms with Crippen LogP contribution in [0.25, 0.3) is 0 Å². The Morgan fingerprint density at radius 3 is 1.86 bits per heavy atom. The van der Waals surface area contributed by atoms with E-state index >= 15 is 0 Å². The Balaban J connectivity index is 1.30. The molecule has 2 aromatic rings. The molecular weight excluding hydrogens is 364 g/mol. The van der Waals surface area contributed by atoms with E-state index in [4.69, 9.17) is 5.73 Å². The number of para-hydroxylation sites is 1. The first-order chi connectivity index (χ1) is 14.1. The van der Waals surface area contributed by atoms with Gasteiger partial charge in [-0.25, -0.2) is 4.79 Å². The molecule has 4 rings (SSSR count). The van der Waals surface area contributed by atoms with E-state index in [2.05, 4.69) is 16.0 Å². The Hall–Kier alpha value is -2.86. The fraction of sp³-hybridized carbons (Fsp3) is 0.391. The van der Waals surface area contributed by atoms with E-state index in [-0.39, 0.29) is 23.9 Å². The molecule has 2 fully saturated rings. The lowest BCUT2D eigenvalue weighted by Gasteiger charge is -2.43. The second-order valence-electron chi connectivity index (χ2n) is 8.21. The van der Waals surface area contributed by atoms with Crippen molar-refractivity contribution >= 4 is 29.0 Å². The summed E-state index contributed by atoms with van der Waals surface area (Å²) in [6.07, 6.45) is 5.31. The van der Waals surface area contributed by atoms with Crippen molar-refractivity contribution in [2.24, 2.45) is 23.5 Å². The Labute approximate surface area is 171 Å². The van der Waals surface area contributed by atoms with Gasteiger partial charge < -0.3 is 21.7 Å². The third-order valence-electron chi connectivity index (χ3n) is 6.23. The van der Waals surface area contributed by atoms with E-state index in [1.165, 1.54) is 6.42 Å². The number of nitrogens with two attached hydrogens (primary N) is 1. The quantitative estimate of drug-likeness (QED) is 0.620. The number of anilines is 3. The first-order valence-electron chi connectivity index (χ1n) is 10.4. The molecule has 0 spiro atoms. The highest BCUT2D eigenvalue weighted by Gasteiger charge is 2.40. The van der Waals surface area contributed by atoms with E-state index < -0.39 is 0 Å². The number of nitrogens with one attached hydrogen (secondary N) is 3. The van der Waals surface area contributed by atoms with Crippen LogP contribution in [0.1, 0.15) is 32.1 Å². The van der Waals surface area contributed by atoms with Gasteiger partial charge in [0, 0.05) is 29.0 Å². The average Bonchev–Trinajstić information content (AvgIpc) is 2.70. The van der Waals surface area contributed by atoms with Crippen LogP contribution in [0.5, 0.6) is 0 Å². The van der Waals surface area contributed by atoms with Crippen molar-refractivity contribution in [2.45, 2.75) is 38.1 Å². The molecule has 0 aromatic heterocycles. The molecule has 2 atom stereocenters. The van der Waals surface area contributed by atoms with Crippen LogP contribution < -0.4 is 21.7 Å². The van der Waals surface area contributed by atoms with Crippen LogP contribution >= 0.6 is 0 Å². The molecule has 0 radical (unpaired) electrons. The minimum Gasteiger partial charge on any atom is -0.327 e. The topological polar surface area (TPSA) is 96.2 Å². The second kappa shape index (κ2) is 8.66. The number of hydrogen-bond acceptors (Lipinski definition) is 3. The first kappa shape index (κ1) is 19.5. The van der Waals surface area contributed by atoms with Gasteiger partial charge in [0.1, 0.15) is 0 Å². The smallest absolute Gasteiger partial charge is 0.323 e. The van der Waals surface area contributed by atoms with Crippen LogP contribution in [-0.4, -0.2) is 18.0 Å². The van der Waals surface area contributed by atoms with Crippen molar-refractivity contribution in [2.75, 3.05) is 16.0 Å². The fourth-order valence-electron chi connectivity index (χ4n) is 4.70. The maximum absolute atomic E-state index is 12.7. The molecule has 5 N–H and O–H groups in total. The van der Waals surface area contributed by atoms with Gasteiger partial charge in [0.05, 0.1) is 0 Å². The summed E-state index contributed by atoms with van der Waals surface area (Å²) in [5, 5.41) is 8.59. The van der Waals surface area contributed by atoms with Gasteiger partial charge in [0.2, 0.25) is 5.91 Å². The van der Waals surface area contributed by atoms with Crippen LogP contribution in [0, 0.1) is 17.8 Å². The first-order valence-corrected chi connectivity index (χ1v) is 10.4. The van der Waals surface area contributed by atoms with Gasteiger partial charge in [-0.2, -0.15) is 0 Å². The van der Waals surface area contributed by atoms with E-state index in [0.717, 1.165) is 37.1 Å². The molecule has 2 aliphatic rings. The number of benzene rings is 2. The lowest BCUT2D eigenvalue weighted by Crippen LogP contribution is -2.48. The predicted molar refractivity (Wildman–Crippen MR) is 116 cm³/mol. The monoisotopic (exact) mass is 392 g/mol. The van der Waals surface area contributed by atoms with Crippen LogP contribution in [0.3, 0.4) is 0 Å². The summed E-state index contributed by atoms with van der Waals surface area (Å²) < 4.78 is 0. The van der Waals surface area contributed by atoms with Crippen LogP contribution in [0.2, 0.25) is 0 Å².